The minimum absolute atomic E-state index is 0.107. The van der Waals surface area contributed by atoms with E-state index in [0.717, 1.165) is 12.2 Å². The Bertz CT molecular complexity index is 157. The Morgan fingerprint density at radius 2 is 2.46 bits per heavy atom. The molecular weight excluding hydrogens is 212 g/mol. The summed E-state index contributed by atoms with van der Waals surface area (Å²) in [4.78, 5) is 10.8. The van der Waals surface area contributed by atoms with Crippen LogP contribution >= 0.6 is 23.4 Å². The standard InChI is InChI=1S/C8H13ClO3S/c9-5-7(10)12-8-6-13-4-2-1-3-11-8/h8H,1-6H2. The molecule has 0 radical (unpaired) electrons. The zero-order chi connectivity index (χ0) is 9.52. The Morgan fingerprint density at radius 1 is 1.62 bits per heavy atom. The first-order valence-corrected chi connectivity index (χ1v) is 5.96. The molecule has 1 unspecified atom stereocenters. The van der Waals surface area contributed by atoms with Gasteiger partial charge in [-0.25, -0.2) is 0 Å². The Hall–Kier alpha value is 0.0700. The molecular formula is C8H13ClO3S. The number of alkyl halides is 1. The molecule has 13 heavy (non-hydrogen) atoms. The van der Waals surface area contributed by atoms with Gasteiger partial charge in [-0.2, -0.15) is 11.8 Å². The van der Waals surface area contributed by atoms with E-state index in [4.69, 9.17) is 21.1 Å². The fraction of sp³-hybridized carbons (Fsp3) is 0.875. The summed E-state index contributed by atoms with van der Waals surface area (Å²) in [6.45, 7) is 0.667. The van der Waals surface area contributed by atoms with Crippen molar-refractivity contribution in [2.75, 3.05) is 24.0 Å². The lowest BCUT2D eigenvalue weighted by molar-refractivity contribution is -0.170. The van der Waals surface area contributed by atoms with Gasteiger partial charge >= 0.3 is 5.97 Å². The molecule has 76 valence electrons. The Kier molecular flexibility index (Phi) is 5.58. The molecule has 0 aromatic carbocycles. The van der Waals surface area contributed by atoms with Gasteiger partial charge in [0.1, 0.15) is 5.88 Å². The maximum atomic E-state index is 10.8. The lowest BCUT2D eigenvalue weighted by Crippen LogP contribution is -2.26. The number of halogens is 1. The van der Waals surface area contributed by atoms with E-state index in [-0.39, 0.29) is 5.88 Å². The van der Waals surface area contributed by atoms with Gasteiger partial charge < -0.3 is 9.47 Å². The van der Waals surface area contributed by atoms with Crippen LogP contribution in [0, 0.1) is 0 Å². The third-order valence-corrected chi connectivity index (χ3v) is 2.92. The van der Waals surface area contributed by atoms with Crippen LogP contribution in [0.25, 0.3) is 0 Å². The number of hydrogen-bond acceptors (Lipinski definition) is 4. The smallest absolute Gasteiger partial charge is 0.323 e. The average Bonchev–Trinajstić information content (AvgIpc) is 2.09. The van der Waals surface area contributed by atoms with Gasteiger partial charge in [0, 0.05) is 0 Å². The molecule has 0 amide bonds. The van der Waals surface area contributed by atoms with Gasteiger partial charge in [-0.15, -0.1) is 11.6 Å². The zero-order valence-electron chi connectivity index (χ0n) is 7.33. The molecule has 0 aromatic rings. The summed E-state index contributed by atoms with van der Waals surface area (Å²) < 4.78 is 10.3. The third-order valence-electron chi connectivity index (χ3n) is 1.61. The largest absolute Gasteiger partial charge is 0.434 e. The van der Waals surface area contributed by atoms with Gasteiger partial charge in [0.2, 0.25) is 6.29 Å². The fourth-order valence-corrected chi connectivity index (χ4v) is 1.99. The molecule has 1 rings (SSSR count). The highest BCUT2D eigenvalue weighted by Gasteiger charge is 2.15. The van der Waals surface area contributed by atoms with Crippen LogP contribution in [0.2, 0.25) is 0 Å². The summed E-state index contributed by atoms with van der Waals surface area (Å²) in [5, 5.41) is 0. The van der Waals surface area contributed by atoms with E-state index in [0.29, 0.717) is 12.4 Å². The quantitative estimate of drug-likeness (QED) is 0.528. The van der Waals surface area contributed by atoms with Crippen LogP contribution in [0.5, 0.6) is 0 Å². The second-order valence-corrected chi connectivity index (χ2v) is 4.12. The van der Waals surface area contributed by atoms with Crippen LogP contribution in [-0.4, -0.2) is 36.3 Å². The van der Waals surface area contributed by atoms with E-state index in [2.05, 4.69) is 0 Å². The monoisotopic (exact) mass is 224 g/mol. The van der Waals surface area contributed by atoms with Crippen LogP contribution in [0.4, 0.5) is 0 Å². The summed E-state index contributed by atoms with van der Waals surface area (Å²) in [6.07, 6.45) is 1.79. The predicted molar refractivity (Wildman–Crippen MR) is 53.1 cm³/mol. The first-order valence-electron chi connectivity index (χ1n) is 4.27. The number of hydrogen-bond donors (Lipinski definition) is 0. The molecule has 0 spiro atoms. The molecule has 0 N–H and O–H groups in total. The van der Waals surface area contributed by atoms with Gasteiger partial charge in [-0.05, 0) is 18.6 Å². The highest BCUT2D eigenvalue weighted by atomic mass is 35.5. The van der Waals surface area contributed by atoms with Crippen LogP contribution in [0.3, 0.4) is 0 Å². The molecule has 1 atom stereocenters. The van der Waals surface area contributed by atoms with Gasteiger partial charge in [0.15, 0.2) is 0 Å². The Morgan fingerprint density at radius 3 is 3.23 bits per heavy atom. The Labute approximate surface area is 87.1 Å². The van der Waals surface area contributed by atoms with Crippen LogP contribution in [-0.2, 0) is 14.3 Å². The second kappa shape index (κ2) is 6.51. The van der Waals surface area contributed by atoms with Crippen LogP contribution in [0.1, 0.15) is 12.8 Å². The maximum absolute atomic E-state index is 10.8. The highest BCUT2D eigenvalue weighted by molar-refractivity contribution is 7.99. The van der Waals surface area contributed by atoms with Crippen molar-refractivity contribution in [3.05, 3.63) is 0 Å². The molecule has 0 aliphatic carbocycles. The van der Waals surface area contributed by atoms with E-state index < -0.39 is 12.3 Å². The van der Waals surface area contributed by atoms with Crippen LogP contribution in [0.15, 0.2) is 0 Å². The SMILES string of the molecule is O=C(CCl)OC1CSCCCCO1. The molecule has 3 nitrogen and oxygen atoms in total. The van der Waals surface area contributed by atoms with E-state index in [1.54, 1.807) is 11.8 Å². The lowest BCUT2D eigenvalue weighted by Gasteiger charge is -2.19. The molecule has 0 bridgehead atoms. The average molecular weight is 225 g/mol. The van der Waals surface area contributed by atoms with Crippen molar-refractivity contribution in [1.82, 2.24) is 0 Å². The van der Waals surface area contributed by atoms with E-state index >= 15 is 0 Å². The van der Waals surface area contributed by atoms with Crippen molar-refractivity contribution in [3.8, 4) is 0 Å². The van der Waals surface area contributed by atoms with Crippen molar-refractivity contribution >= 4 is 29.3 Å². The van der Waals surface area contributed by atoms with Crippen molar-refractivity contribution < 1.29 is 14.3 Å². The first-order chi connectivity index (χ1) is 6.33. The van der Waals surface area contributed by atoms with E-state index in [9.17, 15) is 4.79 Å². The number of carbonyl (C=O) groups excluding carboxylic acids is 1. The normalized spacial score (nSPS) is 24.5. The summed E-state index contributed by atoms with van der Waals surface area (Å²) in [5.41, 5.74) is 0. The minimum Gasteiger partial charge on any atom is -0.434 e. The van der Waals surface area contributed by atoms with Gasteiger partial charge in [-0.3, -0.25) is 4.79 Å². The lowest BCUT2D eigenvalue weighted by atomic mass is 10.3. The topological polar surface area (TPSA) is 35.5 Å². The second-order valence-electron chi connectivity index (χ2n) is 2.71. The predicted octanol–water partition coefficient (Wildman–Crippen LogP) is 1.64. The van der Waals surface area contributed by atoms with Crippen molar-refractivity contribution in [2.45, 2.75) is 19.1 Å². The molecule has 0 aromatic heterocycles. The summed E-state index contributed by atoms with van der Waals surface area (Å²) in [7, 11) is 0. The van der Waals surface area contributed by atoms with Crippen molar-refractivity contribution in [2.24, 2.45) is 0 Å². The highest BCUT2D eigenvalue weighted by Crippen LogP contribution is 2.14. The number of esters is 1. The summed E-state index contributed by atoms with van der Waals surface area (Å²) in [5.74, 6) is 1.30. The van der Waals surface area contributed by atoms with Gasteiger partial charge in [0.25, 0.3) is 0 Å². The first kappa shape index (κ1) is 11.1. The number of ether oxygens (including phenoxy) is 2. The third kappa shape index (κ3) is 4.74. The number of rotatable bonds is 2. The summed E-state index contributed by atoms with van der Waals surface area (Å²) >= 11 is 7.05. The molecule has 1 aliphatic heterocycles. The van der Waals surface area contributed by atoms with E-state index in [1.807, 2.05) is 0 Å². The fourth-order valence-electron chi connectivity index (χ4n) is 0.995. The maximum Gasteiger partial charge on any atom is 0.323 e. The zero-order valence-corrected chi connectivity index (χ0v) is 8.90. The van der Waals surface area contributed by atoms with Gasteiger partial charge in [-0.1, -0.05) is 0 Å². The van der Waals surface area contributed by atoms with Crippen LogP contribution < -0.4 is 0 Å². The minimum atomic E-state index is -0.409. The number of thioether (sulfide) groups is 1. The molecule has 5 heteroatoms. The van der Waals surface area contributed by atoms with Crippen molar-refractivity contribution in [3.63, 3.8) is 0 Å². The van der Waals surface area contributed by atoms with E-state index in [1.165, 1.54) is 6.42 Å². The summed E-state index contributed by atoms with van der Waals surface area (Å²) in [6, 6.07) is 0. The van der Waals surface area contributed by atoms with Crippen molar-refractivity contribution in [1.29, 1.82) is 0 Å². The molecule has 0 saturated carbocycles. The molecule has 1 saturated heterocycles. The van der Waals surface area contributed by atoms with Gasteiger partial charge in [0.05, 0.1) is 12.4 Å². The molecule has 1 aliphatic rings. The Balaban J connectivity index is 2.25. The molecule has 1 fully saturated rings. The molecule has 1 heterocycles. The number of carbonyl (C=O) groups is 1.